The first-order chi connectivity index (χ1) is 9.52. The summed E-state index contributed by atoms with van der Waals surface area (Å²) in [5.74, 6) is -1.75. The number of hydrogen-bond acceptors (Lipinski definition) is 3. The first-order valence-electron chi connectivity index (χ1n) is 5.96. The van der Waals surface area contributed by atoms with E-state index in [1.165, 1.54) is 18.2 Å². The maximum Gasteiger partial charge on any atom is 0.337 e. The molecule has 3 nitrogen and oxygen atoms in total. The quantitative estimate of drug-likeness (QED) is 0.825. The summed E-state index contributed by atoms with van der Waals surface area (Å²) in [5.41, 5.74) is 1.52. The molecule has 2 N–H and O–H groups in total. The lowest BCUT2D eigenvalue weighted by Crippen LogP contribution is -2.05. The van der Waals surface area contributed by atoms with Crippen LogP contribution in [0.15, 0.2) is 41.3 Å². The molecule has 2 aromatic rings. The zero-order chi connectivity index (χ0) is 14.7. The van der Waals surface area contributed by atoms with Gasteiger partial charge in [-0.25, -0.2) is 9.18 Å². The molecule has 0 fully saturated rings. The molecule has 20 heavy (non-hydrogen) atoms. The number of carboxylic acids is 1. The second-order valence-electron chi connectivity index (χ2n) is 4.27. The van der Waals surface area contributed by atoms with Crippen molar-refractivity contribution in [1.29, 1.82) is 0 Å². The third kappa shape index (κ3) is 2.93. The maximum absolute atomic E-state index is 13.8. The predicted molar refractivity (Wildman–Crippen MR) is 79.6 cm³/mol. The van der Waals surface area contributed by atoms with E-state index in [-0.39, 0.29) is 11.3 Å². The Morgan fingerprint density at radius 3 is 2.65 bits per heavy atom. The number of hydrogen-bond donors (Lipinski definition) is 2. The normalized spacial score (nSPS) is 10.3. The number of aromatic carboxylic acids is 1. The smallest absolute Gasteiger partial charge is 0.337 e. The van der Waals surface area contributed by atoms with Gasteiger partial charge in [0.25, 0.3) is 0 Å². The number of rotatable bonds is 4. The second-order valence-corrected chi connectivity index (χ2v) is 5.15. The molecule has 104 valence electrons. The summed E-state index contributed by atoms with van der Waals surface area (Å²) in [7, 11) is 0. The lowest BCUT2D eigenvalue weighted by atomic mass is 10.1. The molecule has 0 spiro atoms. The predicted octanol–water partition coefficient (Wildman–Crippen LogP) is 4.30. The van der Waals surface area contributed by atoms with Crippen LogP contribution in [0.4, 0.5) is 15.8 Å². The summed E-state index contributed by atoms with van der Waals surface area (Å²) >= 11 is 1.61. The van der Waals surface area contributed by atoms with Gasteiger partial charge < -0.3 is 10.4 Å². The van der Waals surface area contributed by atoms with E-state index >= 15 is 0 Å². The van der Waals surface area contributed by atoms with Gasteiger partial charge >= 0.3 is 5.97 Å². The van der Waals surface area contributed by atoms with Crippen LogP contribution in [0.3, 0.4) is 0 Å². The highest BCUT2D eigenvalue weighted by Crippen LogP contribution is 2.28. The molecule has 0 aliphatic rings. The fourth-order valence-electron chi connectivity index (χ4n) is 1.87. The van der Waals surface area contributed by atoms with Gasteiger partial charge in [0, 0.05) is 10.6 Å². The summed E-state index contributed by atoms with van der Waals surface area (Å²) in [4.78, 5) is 12.2. The van der Waals surface area contributed by atoms with Gasteiger partial charge in [0.1, 0.15) is 5.82 Å². The largest absolute Gasteiger partial charge is 0.478 e. The van der Waals surface area contributed by atoms with Crippen molar-refractivity contribution in [3.05, 3.63) is 53.3 Å². The van der Waals surface area contributed by atoms with Crippen molar-refractivity contribution >= 4 is 29.1 Å². The summed E-state index contributed by atoms with van der Waals surface area (Å²) in [6, 6.07) is 9.68. The molecule has 0 heterocycles. The van der Waals surface area contributed by atoms with Crippen LogP contribution in [0.2, 0.25) is 0 Å². The Morgan fingerprint density at radius 2 is 2.05 bits per heavy atom. The average molecular weight is 291 g/mol. The van der Waals surface area contributed by atoms with Crippen LogP contribution in [0.1, 0.15) is 15.9 Å². The Balaban J connectivity index is 2.42. The average Bonchev–Trinajstić information content (AvgIpc) is 2.42. The highest BCUT2D eigenvalue weighted by Gasteiger charge is 2.15. The number of thioether (sulfide) groups is 1. The minimum absolute atomic E-state index is 0.0139. The van der Waals surface area contributed by atoms with E-state index in [4.69, 9.17) is 5.11 Å². The van der Waals surface area contributed by atoms with E-state index in [2.05, 4.69) is 5.32 Å². The summed E-state index contributed by atoms with van der Waals surface area (Å²) in [6.07, 6.45) is 1.97. The van der Waals surface area contributed by atoms with Gasteiger partial charge in [0.05, 0.1) is 11.3 Å². The molecule has 0 atom stereocenters. The number of benzene rings is 2. The van der Waals surface area contributed by atoms with Crippen LogP contribution in [0.25, 0.3) is 0 Å². The Hall–Kier alpha value is -2.01. The molecule has 0 unspecified atom stereocenters. The van der Waals surface area contributed by atoms with Crippen molar-refractivity contribution in [2.75, 3.05) is 11.6 Å². The van der Waals surface area contributed by atoms with Gasteiger partial charge in [-0.3, -0.25) is 0 Å². The third-order valence-corrected chi connectivity index (χ3v) is 3.66. The Bertz CT molecular complexity index is 658. The molecule has 0 aliphatic carbocycles. The molecule has 5 heteroatoms. The van der Waals surface area contributed by atoms with Crippen molar-refractivity contribution in [3.8, 4) is 0 Å². The van der Waals surface area contributed by atoms with E-state index in [1.807, 2.05) is 31.4 Å². The molecule has 0 aliphatic heterocycles. The van der Waals surface area contributed by atoms with Gasteiger partial charge in [-0.05, 0) is 49.1 Å². The maximum atomic E-state index is 13.8. The Kier molecular flexibility index (Phi) is 4.29. The first-order valence-corrected chi connectivity index (χ1v) is 7.19. The van der Waals surface area contributed by atoms with E-state index in [0.29, 0.717) is 5.69 Å². The zero-order valence-corrected chi connectivity index (χ0v) is 11.9. The zero-order valence-electron chi connectivity index (χ0n) is 11.1. The lowest BCUT2D eigenvalue weighted by Gasteiger charge is -2.13. The standard InChI is InChI=1S/C15H14FNO2S/c1-9-8-10(20-2)6-7-13(9)17-14-11(15(18)19)4-3-5-12(14)16/h3-8,17H,1-2H3,(H,18,19). The van der Waals surface area contributed by atoms with Gasteiger partial charge in [-0.15, -0.1) is 11.8 Å². The van der Waals surface area contributed by atoms with Crippen molar-refractivity contribution in [2.45, 2.75) is 11.8 Å². The summed E-state index contributed by atoms with van der Waals surface area (Å²) < 4.78 is 13.8. The van der Waals surface area contributed by atoms with Crippen molar-refractivity contribution in [1.82, 2.24) is 0 Å². The molecular formula is C15H14FNO2S. The fourth-order valence-corrected chi connectivity index (χ4v) is 2.37. The molecule has 0 saturated heterocycles. The van der Waals surface area contributed by atoms with Crippen LogP contribution in [-0.2, 0) is 0 Å². The minimum atomic E-state index is -1.16. The fraction of sp³-hybridized carbons (Fsp3) is 0.133. The number of para-hydroxylation sites is 1. The van der Waals surface area contributed by atoms with Crippen molar-refractivity contribution in [3.63, 3.8) is 0 Å². The molecule has 0 bridgehead atoms. The molecule has 0 saturated carbocycles. The highest BCUT2D eigenvalue weighted by atomic mass is 32.2. The van der Waals surface area contributed by atoms with Crippen molar-refractivity contribution in [2.24, 2.45) is 0 Å². The summed E-state index contributed by atoms with van der Waals surface area (Å²) in [5, 5.41) is 12.0. The van der Waals surface area contributed by atoms with Crippen molar-refractivity contribution < 1.29 is 14.3 Å². The topological polar surface area (TPSA) is 49.3 Å². The monoisotopic (exact) mass is 291 g/mol. The van der Waals surface area contributed by atoms with Crippen LogP contribution in [0, 0.1) is 12.7 Å². The van der Waals surface area contributed by atoms with E-state index in [1.54, 1.807) is 11.8 Å². The lowest BCUT2D eigenvalue weighted by molar-refractivity contribution is 0.0697. The number of carboxylic acid groups (broad SMARTS) is 1. The van der Waals surface area contributed by atoms with E-state index in [0.717, 1.165) is 10.5 Å². The molecule has 2 rings (SSSR count). The third-order valence-electron chi connectivity index (χ3n) is 2.94. The summed E-state index contributed by atoms with van der Waals surface area (Å²) in [6.45, 7) is 1.89. The van der Waals surface area contributed by atoms with E-state index < -0.39 is 11.8 Å². The number of nitrogens with one attached hydrogen (secondary N) is 1. The highest BCUT2D eigenvalue weighted by molar-refractivity contribution is 7.98. The molecular weight excluding hydrogens is 277 g/mol. The number of halogens is 1. The van der Waals surface area contributed by atoms with Gasteiger partial charge in [-0.2, -0.15) is 0 Å². The second kappa shape index (κ2) is 5.96. The van der Waals surface area contributed by atoms with Crippen LogP contribution in [0.5, 0.6) is 0 Å². The van der Waals surface area contributed by atoms with E-state index in [9.17, 15) is 9.18 Å². The van der Waals surface area contributed by atoms with Gasteiger partial charge in [0.2, 0.25) is 0 Å². The number of aryl methyl sites for hydroxylation is 1. The Labute approximate surface area is 120 Å². The number of anilines is 2. The molecule has 0 amide bonds. The molecule has 0 radical (unpaired) electrons. The number of carbonyl (C=O) groups is 1. The molecule has 0 aromatic heterocycles. The van der Waals surface area contributed by atoms with Gasteiger partial charge in [-0.1, -0.05) is 6.07 Å². The van der Waals surface area contributed by atoms with Crippen LogP contribution < -0.4 is 5.32 Å². The van der Waals surface area contributed by atoms with Crippen LogP contribution >= 0.6 is 11.8 Å². The SMILES string of the molecule is CSc1ccc(Nc2c(F)cccc2C(=O)O)c(C)c1. The van der Waals surface area contributed by atoms with Gasteiger partial charge in [0.15, 0.2) is 0 Å². The Morgan fingerprint density at radius 1 is 1.30 bits per heavy atom. The molecule has 2 aromatic carbocycles. The van der Waals surface area contributed by atoms with Crippen LogP contribution in [-0.4, -0.2) is 17.3 Å². The first kappa shape index (κ1) is 14.4. The minimum Gasteiger partial charge on any atom is -0.478 e.